The van der Waals surface area contributed by atoms with Crippen molar-refractivity contribution in [2.75, 3.05) is 19.7 Å². The molecule has 1 saturated heterocycles. The number of nitrogens with one attached hydrogen (secondary N) is 1. The zero-order valence-corrected chi connectivity index (χ0v) is 20.0. The Bertz CT molecular complexity index is 1100. The number of fused-ring (bicyclic) bond motifs is 3. The number of hydrogen-bond acceptors (Lipinski definition) is 4. The van der Waals surface area contributed by atoms with E-state index in [1.807, 2.05) is 31.2 Å². The molecule has 2 aliphatic carbocycles. The zero-order valence-electron chi connectivity index (χ0n) is 20.0. The molecule has 0 spiro atoms. The minimum atomic E-state index is -0.830. The molecule has 2 unspecified atom stereocenters. The van der Waals surface area contributed by atoms with Gasteiger partial charge in [0.05, 0.1) is 18.4 Å². The fourth-order valence-corrected chi connectivity index (χ4v) is 5.93. The van der Waals surface area contributed by atoms with Crippen LogP contribution in [0.3, 0.4) is 0 Å². The van der Waals surface area contributed by atoms with Gasteiger partial charge in [0, 0.05) is 19.0 Å². The summed E-state index contributed by atoms with van der Waals surface area (Å²) in [5, 5.41) is 12.1. The van der Waals surface area contributed by atoms with E-state index in [1.165, 1.54) is 11.1 Å². The summed E-state index contributed by atoms with van der Waals surface area (Å²) in [4.78, 5) is 38.7. The minimum Gasteiger partial charge on any atom is -0.481 e. The molecule has 0 radical (unpaired) electrons. The molecule has 184 valence electrons. The van der Waals surface area contributed by atoms with E-state index in [4.69, 9.17) is 9.84 Å². The van der Waals surface area contributed by atoms with Crippen molar-refractivity contribution in [3.05, 3.63) is 59.7 Å². The van der Waals surface area contributed by atoms with Crippen LogP contribution in [0.5, 0.6) is 0 Å². The van der Waals surface area contributed by atoms with Crippen molar-refractivity contribution in [1.82, 2.24) is 10.2 Å². The normalized spacial score (nSPS) is 22.1. The number of nitrogens with zero attached hydrogens (tertiary/aromatic N) is 1. The van der Waals surface area contributed by atoms with Crippen LogP contribution in [0, 0.1) is 11.8 Å². The number of hydrogen-bond donors (Lipinski definition) is 2. The number of alkyl carbamates (subject to hydrolysis) is 1. The summed E-state index contributed by atoms with van der Waals surface area (Å²) < 4.78 is 5.72. The van der Waals surface area contributed by atoms with Crippen LogP contribution in [0.1, 0.15) is 56.1 Å². The van der Waals surface area contributed by atoms with Gasteiger partial charge in [-0.05, 0) is 53.4 Å². The molecule has 1 saturated carbocycles. The van der Waals surface area contributed by atoms with Gasteiger partial charge >= 0.3 is 12.1 Å². The Hall–Kier alpha value is -3.35. The van der Waals surface area contributed by atoms with Crippen molar-refractivity contribution in [3.63, 3.8) is 0 Å². The lowest BCUT2D eigenvalue weighted by molar-refractivity contribution is -0.139. The van der Waals surface area contributed by atoms with Crippen LogP contribution in [0.15, 0.2) is 48.5 Å². The van der Waals surface area contributed by atoms with E-state index in [0.29, 0.717) is 13.1 Å². The van der Waals surface area contributed by atoms with Gasteiger partial charge in [-0.1, -0.05) is 55.5 Å². The van der Waals surface area contributed by atoms with Gasteiger partial charge < -0.3 is 20.1 Å². The van der Waals surface area contributed by atoms with Crippen molar-refractivity contribution in [1.29, 1.82) is 0 Å². The van der Waals surface area contributed by atoms with Crippen molar-refractivity contribution in [2.24, 2.45) is 11.8 Å². The molecule has 0 bridgehead atoms. The fourth-order valence-electron chi connectivity index (χ4n) is 5.93. The number of rotatable bonds is 7. The number of ether oxygens (including phenoxy) is 1. The number of amides is 2. The maximum Gasteiger partial charge on any atom is 0.407 e. The van der Waals surface area contributed by atoms with Gasteiger partial charge in [-0.3, -0.25) is 9.59 Å². The molecular weight excluding hydrogens is 444 g/mol. The summed E-state index contributed by atoms with van der Waals surface area (Å²) in [5.41, 5.74) is 4.11. The Kier molecular flexibility index (Phi) is 6.26. The number of carbonyl (C=O) groups excluding carboxylic acids is 2. The molecule has 2 amide bonds. The molecular formula is C28H32N2O5. The maximum absolute atomic E-state index is 13.0. The van der Waals surface area contributed by atoms with E-state index < -0.39 is 17.6 Å². The lowest BCUT2D eigenvalue weighted by Crippen LogP contribution is -2.56. The standard InChI is InChI=1S/C28H32N2O5/c1-18-15-30(16-19(18)13-26(32)33)25(31)14-28(11-6-12-28)29-27(34)35-17-24-22-9-4-2-7-20(22)21-8-3-5-10-23(21)24/h2-5,7-10,18-19,24H,6,11-17H2,1H3,(H,29,34)(H,32,33). The summed E-state index contributed by atoms with van der Waals surface area (Å²) in [5.74, 6) is -0.734. The lowest BCUT2D eigenvalue weighted by atomic mass is 9.74. The van der Waals surface area contributed by atoms with Gasteiger partial charge in [-0.25, -0.2) is 4.79 Å². The van der Waals surface area contributed by atoms with E-state index in [-0.39, 0.29) is 43.1 Å². The summed E-state index contributed by atoms with van der Waals surface area (Å²) >= 11 is 0. The largest absolute Gasteiger partial charge is 0.481 e. The first-order valence-electron chi connectivity index (χ1n) is 12.5. The molecule has 2 fully saturated rings. The number of aliphatic carboxylic acids is 1. The van der Waals surface area contributed by atoms with Crippen molar-refractivity contribution in [2.45, 2.75) is 50.5 Å². The first kappa shape index (κ1) is 23.4. The monoisotopic (exact) mass is 476 g/mol. The summed E-state index contributed by atoms with van der Waals surface area (Å²) in [6, 6.07) is 16.4. The van der Waals surface area contributed by atoms with Crippen LogP contribution < -0.4 is 5.32 Å². The molecule has 2 aromatic rings. The summed E-state index contributed by atoms with van der Waals surface area (Å²) in [6.45, 7) is 3.27. The Morgan fingerprint density at radius 2 is 1.66 bits per heavy atom. The molecule has 7 heteroatoms. The van der Waals surface area contributed by atoms with Crippen molar-refractivity contribution < 1.29 is 24.2 Å². The fraction of sp³-hybridized carbons (Fsp3) is 0.464. The van der Waals surface area contributed by atoms with Gasteiger partial charge in [-0.2, -0.15) is 0 Å². The van der Waals surface area contributed by atoms with E-state index in [0.717, 1.165) is 30.4 Å². The molecule has 35 heavy (non-hydrogen) atoms. The first-order valence-corrected chi connectivity index (χ1v) is 12.5. The van der Waals surface area contributed by atoms with Gasteiger partial charge in [0.1, 0.15) is 6.61 Å². The smallest absolute Gasteiger partial charge is 0.407 e. The van der Waals surface area contributed by atoms with Gasteiger partial charge in [-0.15, -0.1) is 0 Å². The van der Waals surface area contributed by atoms with Crippen LogP contribution in [0.4, 0.5) is 4.79 Å². The maximum atomic E-state index is 13.0. The molecule has 5 rings (SSSR count). The highest BCUT2D eigenvalue weighted by Gasteiger charge is 2.43. The summed E-state index contributed by atoms with van der Waals surface area (Å²) in [7, 11) is 0. The second kappa shape index (κ2) is 9.36. The molecule has 0 aromatic heterocycles. The van der Waals surface area contributed by atoms with Crippen LogP contribution in [-0.2, 0) is 14.3 Å². The van der Waals surface area contributed by atoms with E-state index >= 15 is 0 Å². The van der Waals surface area contributed by atoms with Crippen LogP contribution >= 0.6 is 0 Å². The van der Waals surface area contributed by atoms with Gasteiger partial charge in [0.25, 0.3) is 0 Å². The number of carboxylic acids is 1. The number of benzene rings is 2. The predicted molar refractivity (Wildman–Crippen MR) is 131 cm³/mol. The Labute approximate surface area is 205 Å². The number of likely N-dealkylation sites (tertiary alicyclic amines) is 1. The molecule has 7 nitrogen and oxygen atoms in total. The molecule has 2 N–H and O–H groups in total. The predicted octanol–water partition coefficient (Wildman–Crippen LogP) is 4.41. The highest BCUT2D eigenvalue weighted by Crippen LogP contribution is 2.44. The second-order valence-electron chi connectivity index (χ2n) is 10.4. The highest BCUT2D eigenvalue weighted by atomic mass is 16.5. The van der Waals surface area contributed by atoms with Crippen LogP contribution in [0.25, 0.3) is 11.1 Å². The second-order valence-corrected chi connectivity index (χ2v) is 10.4. The van der Waals surface area contributed by atoms with E-state index in [9.17, 15) is 14.4 Å². The number of carboxylic acid groups (broad SMARTS) is 1. The Balaban J connectivity index is 1.19. The average Bonchev–Trinajstić information content (AvgIpc) is 3.33. The third-order valence-electron chi connectivity index (χ3n) is 8.07. The topological polar surface area (TPSA) is 95.9 Å². The third-order valence-corrected chi connectivity index (χ3v) is 8.07. The van der Waals surface area contributed by atoms with E-state index in [2.05, 4.69) is 29.6 Å². The Morgan fingerprint density at radius 1 is 1.03 bits per heavy atom. The quantitative estimate of drug-likeness (QED) is 0.617. The van der Waals surface area contributed by atoms with Crippen LogP contribution in [0.2, 0.25) is 0 Å². The molecule has 2 atom stereocenters. The SMILES string of the molecule is CC1CN(C(=O)CC2(NC(=O)OCC3c4ccccc4-c4ccccc43)CCC2)CC1CC(=O)O. The molecule has 1 heterocycles. The van der Waals surface area contributed by atoms with Gasteiger partial charge in [0.2, 0.25) is 5.91 Å². The molecule has 1 aliphatic heterocycles. The summed E-state index contributed by atoms with van der Waals surface area (Å²) in [6.07, 6.45) is 2.25. The number of carbonyl (C=O) groups is 3. The highest BCUT2D eigenvalue weighted by molar-refractivity contribution is 5.80. The van der Waals surface area contributed by atoms with Gasteiger partial charge in [0.15, 0.2) is 0 Å². The van der Waals surface area contributed by atoms with E-state index in [1.54, 1.807) is 4.90 Å². The first-order chi connectivity index (χ1) is 16.8. The van der Waals surface area contributed by atoms with Crippen molar-refractivity contribution >= 4 is 18.0 Å². The molecule has 2 aromatic carbocycles. The Morgan fingerprint density at radius 3 is 2.23 bits per heavy atom. The zero-order chi connectivity index (χ0) is 24.6. The van der Waals surface area contributed by atoms with Crippen molar-refractivity contribution in [3.8, 4) is 11.1 Å². The average molecular weight is 477 g/mol. The van der Waals surface area contributed by atoms with Crippen LogP contribution in [-0.4, -0.2) is 53.2 Å². The lowest BCUT2D eigenvalue weighted by Gasteiger charge is -2.42. The minimum absolute atomic E-state index is 0.00983. The molecule has 3 aliphatic rings. The third kappa shape index (κ3) is 4.64.